The maximum absolute atomic E-state index is 6.21. The van der Waals surface area contributed by atoms with Crippen LogP contribution in [0.5, 0.6) is 0 Å². The van der Waals surface area contributed by atoms with Gasteiger partial charge in [-0.3, -0.25) is 0 Å². The third-order valence-electron chi connectivity index (χ3n) is 3.74. The lowest BCUT2D eigenvalue weighted by Gasteiger charge is -2.21. The number of hydrogen-bond acceptors (Lipinski definition) is 1. The maximum atomic E-state index is 6.21. The molecule has 100 valence electrons. The van der Waals surface area contributed by atoms with Crippen LogP contribution in [0, 0.1) is 5.92 Å². The lowest BCUT2D eigenvalue weighted by Crippen LogP contribution is -2.15. The molecule has 1 aliphatic carbocycles. The van der Waals surface area contributed by atoms with Crippen LogP contribution in [-0.4, -0.2) is 6.54 Å². The first-order chi connectivity index (χ1) is 8.75. The Kier molecular flexibility index (Phi) is 5.84. The van der Waals surface area contributed by atoms with Crippen molar-refractivity contribution in [2.24, 2.45) is 5.92 Å². The summed E-state index contributed by atoms with van der Waals surface area (Å²) in [5.41, 5.74) is 1.06. The fourth-order valence-corrected chi connectivity index (χ4v) is 3.37. The van der Waals surface area contributed by atoms with Crippen molar-refractivity contribution in [3.63, 3.8) is 0 Å². The minimum atomic E-state index is 0.801. The first-order valence-electron chi connectivity index (χ1n) is 6.94. The standard InChI is InChI=1S/C15H21BrClN/c16-13-8-9-15(14(17)10-13)18-11-12-6-4-2-1-3-5-7-12/h8-10,12,18H,1-7,11H2. The van der Waals surface area contributed by atoms with Crippen LogP contribution in [0.15, 0.2) is 22.7 Å². The first kappa shape index (κ1) is 14.2. The monoisotopic (exact) mass is 329 g/mol. The summed E-state index contributed by atoms with van der Waals surface area (Å²) in [5.74, 6) is 0.810. The molecule has 0 atom stereocenters. The topological polar surface area (TPSA) is 12.0 Å². The molecule has 0 unspecified atom stereocenters. The van der Waals surface area contributed by atoms with Crippen molar-refractivity contribution >= 4 is 33.2 Å². The molecular formula is C15H21BrClN. The summed E-state index contributed by atoms with van der Waals surface area (Å²) in [6.07, 6.45) is 9.76. The lowest BCUT2D eigenvalue weighted by atomic mass is 9.91. The van der Waals surface area contributed by atoms with Crippen LogP contribution in [-0.2, 0) is 0 Å². The molecule has 0 spiro atoms. The van der Waals surface area contributed by atoms with Crippen LogP contribution in [0.4, 0.5) is 5.69 Å². The van der Waals surface area contributed by atoms with Crippen LogP contribution in [0.1, 0.15) is 44.9 Å². The summed E-state index contributed by atoms with van der Waals surface area (Å²) in [5, 5.41) is 4.31. The van der Waals surface area contributed by atoms with E-state index in [1.54, 1.807) is 0 Å². The van der Waals surface area contributed by atoms with E-state index in [1.807, 2.05) is 12.1 Å². The average Bonchev–Trinajstić information content (AvgIpc) is 2.29. The molecule has 0 aliphatic heterocycles. The van der Waals surface area contributed by atoms with Crippen LogP contribution >= 0.6 is 27.5 Å². The van der Waals surface area contributed by atoms with Crippen molar-refractivity contribution in [3.05, 3.63) is 27.7 Å². The summed E-state index contributed by atoms with van der Waals surface area (Å²) in [6.45, 7) is 1.06. The molecule has 0 heterocycles. The number of halogens is 2. The molecule has 1 aromatic carbocycles. The smallest absolute Gasteiger partial charge is 0.0648 e. The van der Waals surface area contributed by atoms with Gasteiger partial charge in [-0.2, -0.15) is 0 Å². The molecule has 1 nitrogen and oxygen atoms in total. The molecule has 0 radical (unpaired) electrons. The van der Waals surface area contributed by atoms with Crippen molar-refractivity contribution in [2.75, 3.05) is 11.9 Å². The fourth-order valence-electron chi connectivity index (χ4n) is 2.63. The molecule has 1 fully saturated rings. The molecule has 0 bridgehead atoms. The van der Waals surface area contributed by atoms with Gasteiger partial charge < -0.3 is 5.32 Å². The molecule has 1 aliphatic rings. The van der Waals surface area contributed by atoms with E-state index in [1.165, 1.54) is 44.9 Å². The molecule has 18 heavy (non-hydrogen) atoms. The van der Waals surface area contributed by atoms with Gasteiger partial charge in [0.05, 0.1) is 10.7 Å². The van der Waals surface area contributed by atoms with Crippen molar-refractivity contribution in [3.8, 4) is 0 Å². The van der Waals surface area contributed by atoms with Gasteiger partial charge in [0.2, 0.25) is 0 Å². The van der Waals surface area contributed by atoms with Gasteiger partial charge in [0.15, 0.2) is 0 Å². The van der Waals surface area contributed by atoms with Crippen LogP contribution in [0.3, 0.4) is 0 Å². The number of anilines is 1. The zero-order valence-electron chi connectivity index (χ0n) is 10.7. The Morgan fingerprint density at radius 3 is 2.44 bits per heavy atom. The predicted octanol–water partition coefficient (Wildman–Crippen LogP) is 5.87. The third-order valence-corrected chi connectivity index (χ3v) is 4.54. The van der Waals surface area contributed by atoms with Gasteiger partial charge in [-0.25, -0.2) is 0 Å². The van der Waals surface area contributed by atoms with Crippen molar-refractivity contribution in [2.45, 2.75) is 44.9 Å². The Labute approximate surface area is 123 Å². The number of rotatable bonds is 3. The zero-order valence-corrected chi connectivity index (χ0v) is 13.1. The van der Waals surface area contributed by atoms with Gasteiger partial charge in [0.25, 0.3) is 0 Å². The predicted molar refractivity (Wildman–Crippen MR) is 83.5 cm³/mol. The van der Waals surface area contributed by atoms with Crippen molar-refractivity contribution in [1.29, 1.82) is 0 Å². The van der Waals surface area contributed by atoms with Crippen LogP contribution < -0.4 is 5.32 Å². The molecule has 3 heteroatoms. The van der Waals surface area contributed by atoms with Gasteiger partial charge in [0, 0.05) is 11.0 Å². The number of hydrogen-bond donors (Lipinski definition) is 1. The number of benzene rings is 1. The normalized spacial score (nSPS) is 18.1. The Balaban J connectivity index is 1.85. The van der Waals surface area contributed by atoms with Crippen LogP contribution in [0.2, 0.25) is 5.02 Å². The van der Waals surface area contributed by atoms with E-state index < -0.39 is 0 Å². The largest absolute Gasteiger partial charge is 0.384 e. The number of nitrogens with one attached hydrogen (secondary N) is 1. The highest BCUT2D eigenvalue weighted by Gasteiger charge is 2.11. The second kappa shape index (κ2) is 7.40. The first-order valence-corrected chi connectivity index (χ1v) is 8.12. The molecule has 0 saturated heterocycles. The van der Waals surface area contributed by atoms with E-state index in [0.29, 0.717) is 0 Å². The SMILES string of the molecule is Clc1cc(Br)ccc1NCC1CCCCCCC1. The molecule has 1 N–H and O–H groups in total. The Bertz CT molecular complexity index is 373. The van der Waals surface area contributed by atoms with E-state index in [4.69, 9.17) is 11.6 Å². The highest BCUT2D eigenvalue weighted by Crippen LogP contribution is 2.27. The van der Waals surface area contributed by atoms with E-state index in [2.05, 4.69) is 27.3 Å². The van der Waals surface area contributed by atoms with E-state index >= 15 is 0 Å². The minimum Gasteiger partial charge on any atom is -0.384 e. The summed E-state index contributed by atoms with van der Waals surface area (Å²) in [7, 11) is 0. The Morgan fingerprint density at radius 1 is 1.11 bits per heavy atom. The van der Waals surface area contributed by atoms with Crippen molar-refractivity contribution in [1.82, 2.24) is 0 Å². The molecule has 1 aromatic rings. The fraction of sp³-hybridized carbons (Fsp3) is 0.600. The highest BCUT2D eigenvalue weighted by atomic mass is 79.9. The van der Waals surface area contributed by atoms with Crippen LogP contribution in [0.25, 0.3) is 0 Å². The Hall–Kier alpha value is -0.210. The summed E-state index contributed by atoms with van der Waals surface area (Å²) in [6, 6.07) is 6.03. The summed E-state index contributed by atoms with van der Waals surface area (Å²) < 4.78 is 1.03. The lowest BCUT2D eigenvalue weighted by molar-refractivity contribution is 0.392. The quantitative estimate of drug-likeness (QED) is 0.730. The minimum absolute atomic E-state index is 0.801. The second-order valence-corrected chi connectivity index (χ2v) is 6.54. The third kappa shape index (κ3) is 4.47. The average molecular weight is 331 g/mol. The van der Waals surface area contributed by atoms with Gasteiger partial charge in [-0.15, -0.1) is 0 Å². The highest BCUT2D eigenvalue weighted by molar-refractivity contribution is 9.10. The van der Waals surface area contributed by atoms with E-state index in [0.717, 1.165) is 27.6 Å². The maximum Gasteiger partial charge on any atom is 0.0648 e. The summed E-state index contributed by atoms with van der Waals surface area (Å²) in [4.78, 5) is 0. The van der Waals surface area contributed by atoms with E-state index in [9.17, 15) is 0 Å². The molecule has 0 amide bonds. The van der Waals surface area contributed by atoms with Gasteiger partial charge in [-0.05, 0) is 37.0 Å². The Morgan fingerprint density at radius 2 is 1.78 bits per heavy atom. The van der Waals surface area contributed by atoms with Gasteiger partial charge in [-0.1, -0.05) is 59.6 Å². The molecule has 0 aromatic heterocycles. The molecular weight excluding hydrogens is 310 g/mol. The zero-order chi connectivity index (χ0) is 12.8. The molecule has 2 rings (SSSR count). The van der Waals surface area contributed by atoms with Crippen molar-refractivity contribution < 1.29 is 0 Å². The summed E-state index contributed by atoms with van der Waals surface area (Å²) >= 11 is 9.64. The second-order valence-electron chi connectivity index (χ2n) is 5.22. The van der Waals surface area contributed by atoms with E-state index in [-0.39, 0.29) is 0 Å². The molecule has 1 saturated carbocycles. The van der Waals surface area contributed by atoms with Gasteiger partial charge in [0.1, 0.15) is 0 Å². The van der Waals surface area contributed by atoms with Gasteiger partial charge >= 0.3 is 0 Å².